The molecule has 1 aliphatic heterocycles. The molecule has 0 radical (unpaired) electrons. The zero-order valence-corrected chi connectivity index (χ0v) is 19.4. The molecule has 1 aliphatic rings. The largest absolute Gasteiger partial charge is 0.492 e. The van der Waals surface area contributed by atoms with Crippen LogP contribution in [0.2, 0.25) is 0 Å². The number of Topliss-reactive ketones (excluding diaryl/α,β-unsaturated/α-hetero) is 1. The van der Waals surface area contributed by atoms with Crippen LogP contribution >= 0.6 is 0 Å². The van der Waals surface area contributed by atoms with Crippen LogP contribution in [0.3, 0.4) is 0 Å². The van der Waals surface area contributed by atoms with Crippen molar-refractivity contribution in [1.82, 2.24) is 14.5 Å². The summed E-state index contributed by atoms with van der Waals surface area (Å²) < 4.78 is 32.7. The smallest absolute Gasteiger partial charge is 0.317 e. The van der Waals surface area contributed by atoms with Crippen molar-refractivity contribution in [3.63, 3.8) is 0 Å². The Bertz CT molecular complexity index is 1060. The highest BCUT2D eigenvalue weighted by molar-refractivity contribution is 7.89. The van der Waals surface area contributed by atoms with Crippen molar-refractivity contribution in [1.29, 1.82) is 0 Å². The first-order chi connectivity index (χ1) is 15.2. The Hall–Kier alpha value is -2.91. The van der Waals surface area contributed by atoms with Gasteiger partial charge < -0.3 is 15.0 Å². The lowest BCUT2D eigenvalue weighted by molar-refractivity contribution is 0.101. The molecular weight excluding hydrogens is 430 g/mol. The molecule has 1 N–H and O–H groups in total. The number of rotatable bonds is 7. The number of aryl methyl sites for hydroxylation is 2. The highest BCUT2D eigenvalue weighted by Gasteiger charge is 2.30. The second-order valence-electron chi connectivity index (χ2n) is 7.88. The topological polar surface area (TPSA) is 96.0 Å². The van der Waals surface area contributed by atoms with Gasteiger partial charge in [-0.05, 0) is 56.2 Å². The third kappa shape index (κ3) is 5.86. The van der Waals surface area contributed by atoms with Crippen molar-refractivity contribution in [3.8, 4) is 5.75 Å². The Morgan fingerprint density at radius 1 is 0.969 bits per heavy atom. The molecule has 1 fully saturated rings. The van der Waals surface area contributed by atoms with Crippen LogP contribution < -0.4 is 10.1 Å². The van der Waals surface area contributed by atoms with Crippen molar-refractivity contribution >= 4 is 21.8 Å². The molecule has 0 saturated carbocycles. The predicted octanol–water partition coefficient (Wildman–Crippen LogP) is 2.60. The van der Waals surface area contributed by atoms with Gasteiger partial charge >= 0.3 is 6.03 Å². The number of hydrogen-bond acceptors (Lipinski definition) is 5. The van der Waals surface area contributed by atoms with Crippen molar-refractivity contribution < 1.29 is 22.7 Å². The highest BCUT2D eigenvalue weighted by Crippen LogP contribution is 2.19. The van der Waals surface area contributed by atoms with Crippen LogP contribution in [0.15, 0.2) is 47.4 Å². The van der Waals surface area contributed by atoms with E-state index in [9.17, 15) is 18.0 Å². The SMILES string of the molecule is CC(=O)c1ccc(S(=O)(=O)N2CCN(C(=O)NCCOc3cc(C)cc(C)c3)CC2)cc1. The molecule has 1 heterocycles. The third-order valence-electron chi connectivity index (χ3n) is 5.27. The maximum atomic E-state index is 12.8. The molecule has 2 aromatic carbocycles. The molecule has 172 valence electrons. The Morgan fingerprint density at radius 3 is 2.12 bits per heavy atom. The summed E-state index contributed by atoms with van der Waals surface area (Å²) >= 11 is 0. The Balaban J connectivity index is 1.46. The van der Waals surface area contributed by atoms with E-state index in [-0.39, 0.29) is 29.8 Å². The summed E-state index contributed by atoms with van der Waals surface area (Å²) in [5, 5.41) is 2.82. The van der Waals surface area contributed by atoms with E-state index in [4.69, 9.17) is 4.74 Å². The number of urea groups is 1. The minimum absolute atomic E-state index is 0.118. The summed E-state index contributed by atoms with van der Waals surface area (Å²) in [6, 6.07) is 11.6. The first-order valence-electron chi connectivity index (χ1n) is 10.5. The summed E-state index contributed by atoms with van der Waals surface area (Å²) in [7, 11) is -3.67. The van der Waals surface area contributed by atoms with E-state index < -0.39 is 10.0 Å². The molecule has 3 rings (SSSR count). The van der Waals surface area contributed by atoms with Crippen LogP contribution in [-0.4, -0.2) is 68.8 Å². The fraction of sp³-hybridized carbons (Fsp3) is 0.391. The molecule has 0 aromatic heterocycles. The molecule has 0 atom stereocenters. The third-order valence-corrected chi connectivity index (χ3v) is 7.18. The number of piperazine rings is 1. The number of sulfonamides is 1. The average molecular weight is 460 g/mol. The molecule has 0 aliphatic carbocycles. The Morgan fingerprint density at radius 2 is 1.56 bits per heavy atom. The van der Waals surface area contributed by atoms with E-state index in [1.807, 2.05) is 26.0 Å². The number of benzene rings is 2. The number of ketones is 1. The van der Waals surface area contributed by atoms with Crippen LogP contribution in [-0.2, 0) is 10.0 Å². The van der Waals surface area contributed by atoms with Gasteiger partial charge in [-0.3, -0.25) is 4.79 Å². The van der Waals surface area contributed by atoms with E-state index in [0.29, 0.717) is 31.8 Å². The maximum Gasteiger partial charge on any atom is 0.317 e. The first kappa shape index (κ1) is 23.7. The van der Waals surface area contributed by atoms with Gasteiger partial charge in [0, 0.05) is 31.7 Å². The van der Waals surface area contributed by atoms with Crippen molar-refractivity contribution in [2.24, 2.45) is 0 Å². The molecule has 0 bridgehead atoms. The second-order valence-corrected chi connectivity index (χ2v) is 9.81. The molecule has 0 unspecified atom stereocenters. The van der Waals surface area contributed by atoms with E-state index >= 15 is 0 Å². The van der Waals surface area contributed by atoms with Gasteiger partial charge in [-0.15, -0.1) is 0 Å². The molecule has 0 spiro atoms. The van der Waals surface area contributed by atoms with Gasteiger partial charge in [-0.1, -0.05) is 18.2 Å². The monoisotopic (exact) mass is 459 g/mol. The molecule has 8 nitrogen and oxygen atoms in total. The van der Waals surface area contributed by atoms with Crippen LogP contribution in [0.1, 0.15) is 28.4 Å². The molecule has 2 amide bonds. The summed E-state index contributed by atoms with van der Waals surface area (Å²) in [6.45, 7) is 7.16. The van der Waals surface area contributed by atoms with E-state index in [2.05, 4.69) is 11.4 Å². The lowest BCUT2D eigenvalue weighted by Gasteiger charge is -2.34. The summed E-state index contributed by atoms with van der Waals surface area (Å²) in [5.41, 5.74) is 2.70. The molecular formula is C23H29N3O5S. The first-order valence-corrected chi connectivity index (χ1v) is 12.0. The molecule has 2 aromatic rings. The molecule has 32 heavy (non-hydrogen) atoms. The summed E-state index contributed by atoms with van der Waals surface area (Å²) in [6.07, 6.45) is 0. The highest BCUT2D eigenvalue weighted by atomic mass is 32.2. The van der Waals surface area contributed by atoms with Gasteiger partial charge in [0.2, 0.25) is 10.0 Å². The van der Waals surface area contributed by atoms with Crippen LogP contribution in [0.5, 0.6) is 5.75 Å². The normalized spacial score (nSPS) is 14.8. The van der Waals surface area contributed by atoms with Gasteiger partial charge in [0.15, 0.2) is 5.78 Å². The number of carbonyl (C=O) groups is 2. The zero-order chi connectivity index (χ0) is 23.3. The number of ether oxygens (including phenoxy) is 1. The minimum atomic E-state index is -3.67. The van der Waals surface area contributed by atoms with E-state index in [1.54, 1.807) is 4.90 Å². The fourth-order valence-electron chi connectivity index (χ4n) is 3.60. The Kier molecular flexibility index (Phi) is 7.52. The quantitative estimate of drug-likeness (QED) is 0.507. The summed E-state index contributed by atoms with van der Waals surface area (Å²) in [4.78, 5) is 25.5. The fourth-order valence-corrected chi connectivity index (χ4v) is 5.02. The number of nitrogens with zero attached hydrogens (tertiary/aromatic N) is 2. The standard InChI is InChI=1S/C23H29N3O5S/c1-17-14-18(2)16-21(15-17)31-13-8-24-23(28)25-9-11-26(12-10-25)32(29,30)22-6-4-20(5-7-22)19(3)27/h4-7,14-16H,8-13H2,1-3H3,(H,24,28). The molecule has 9 heteroatoms. The van der Waals surface area contributed by atoms with Gasteiger partial charge in [-0.2, -0.15) is 4.31 Å². The van der Waals surface area contributed by atoms with Crippen molar-refractivity contribution in [2.75, 3.05) is 39.3 Å². The maximum absolute atomic E-state index is 12.8. The van der Waals surface area contributed by atoms with E-state index in [0.717, 1.165) is 16.9 Å². The van der Waals surface area contributed by atoms with Crippen LogP contribution in [0.25, 0.3) is 0 Å². The van der Waals surface area contributed by atoms with Gasteiger partial charge in [0.25, 0.3) is 0 Å². The minimum Gasteiger partial charge on any atom is -0.492 e. The number of nitrogens with one attached hydrogen (secondary N) is 1. The lowest BCUT2D eigenvalue weighted by Crippen LogP contribution is -2.53. The number of amides is 2. The zero-order valence-electron chi connectivity index (χ0n) is 18.6. The van der Waals surface area contributed by atoms with Crippen LogP contribution in [0, 0.1) is 13.8 Å². The second kappa shape index (κ2) is 10.1. The van der Waals surface area contributed by atoms with Gasteiger partial charge in [0.1, 0.15) is 12.4 Å². The van der Waals surface area contributed by atoms with Crippen molar-refractivity contribution in [2.45, 2.75) is 25.7 Å². The Labute approximate surface area is 189 Å². The van der Waals surface area contributed by atoms with Crippen molar-refractivity contribution in [3.05, 3.63) is 59.2 Å². The van der Waals surface area contributed by atoms with Crippen LogP contribution in [0.4, 0.5) is 4.79 Å². The van der Waals surface area contributed by atoms with E-state index in [1.165, 1.54) is 35.5 Å². The predicted molar refractivity (Wildman–Crippen MR) is 122 cm³/mol. The molecule has 1 saturated heterocycles. The van der Waals surface area contributed by atoms with Gasteiger partial charge in [-0.25, -0.2) is 13.2 Å². The average Bonchev–Trinajstić information content (AvgIpc) is 2.76. The summed E-state index contributed by atoms with van der Waals surface area (Å²) in [5.74, 6) is 0.653. The number of hydrogen-bond donors (Lipinski definition) is 1. The lowest BCUT2D eigenvalue weighted by atomic mass is 10.1. The van der Waals surface area contributed by atoms with Gasteiger partial charge in [0.05, 0.1) is 11.4 Å². The number of carbonyl (C=O) groups excluding carboxylic acids is 2.